The van der Waals surface area contributed by atoms with Gasteiger partial charge in [-0.05, 0) is 32.6 Å². The molecule has 0 heterocycles. The minimum absolute atomic E-state index is 0.0542. The molecule has 130 valence electrons. The molecule has 22 heavy (non-hydrogen) atoms. The number of aliphatic hydroxyl groups excluding tert-OH is 2. The van der Waals surface area contributed by atoms with Crippen LogP contribution in [0.25, 0.3) is 0 Å². The molecule has 0 saturated heterocycles. The highest BCUT2D eigenvalue weighted by Gasteiger charge is 2.40. The third-order valence-corrected chi connectivity index (χ3v) is 3.53. The van der Waals surface area contributed by atoms with Crippen molar-refractivity contribution in [1.82, 2.24) is 0 Å². The largest absolute Gasteiger partial charge is 0.480 e. The Balaban J connectivity index is 3.82. The Hall–Kier alpha value is -1.05. The number of aliphatic carboxylic acids is 1. The number of rotatable bonds is 12. The van der Waals surface area contributed by atoms with Crippen LogP contribution in [0.5, 0.6) is 0 Å². The van der Waals surface area contributed by atoms with Crippen LogP contribution in [0.1, 0.15) is 51.9 Å². The Kier molecular flexibility index (Phi) is 10.1. The average molecular weight is 323 g/mol. The Morgan fingerprint density at radius 2 is 1.77 bits per heavy atom. The molecule has 0 spiro atoms. The summed E-state index contributed by atoms with van der Waals surface area (Å²) in [4.78, 5) is 10.8. The van der Waals surface area contributed by atoms with E-state index in [4.69, 9.17) is 10.8 Å². The van der Waals surface area contributed by atoms with E-state index in [2.05, 4.69) is 0 Å². The molecule has 0 rings (SSSR count). The van der Waals surface area contributed by atoms with Crippen LogP contribution >= 0.6 is 0 Å². The summed E-state index contributed by atoms with van der Waals surface area (Å²) < 4.78 is 23.8. The average Bonchev–Trinajstić information content (AvgIpc) is 2.43. The van der Waals surface area contributed by atoms with E-state index in [9.17, 15) is 23.8 Å². The van der Waals surface area contributed by atoms with Gasteiger partial charge in [-0.2, -0.15) is 0 Å². The number of carboxylic acid groups (broad SMARTS) is 1. The van der Waals surface area contributed by atoms with Crippen molar-refractivity contribution in [3.63, 3.8) is 0 Å². The number of allylic oxidation sites excluding steroid dienone is 1. The molecule has 0 aromatic heterocycles. The maximum atomic E-state index is 11.9. The Morgan fingerprint density at radius 3 is 2.32 bits per heavy atom. The molecule has 0 aromatic carbocycles. The summed E-state index contributed by atoms with van der Waals surface area (Å²) in [5, 5.41) is 28.3. The van der Waals surface area contributed by atoms with E-state index < -0.39 is 30.1 Å². The quantitative estimate of drug-likeness (QED) is 0.325. The predicted octanol–water partition coefficient (Wildman–Crippen LogP) is 2.06. The maximum Gasteiger partial charge on any atom is 0.326 e. The van der Waals surface area contributed by atoms with Crippen LogP contribution in [0, 0.1) is 0 Å². The first-order valence-electron chi connectivity index (χ1n) is 7.51. The van der Waals surface area contributed by atoms with Crippen molar-refractivity contribution in [3.8, 4) is 0 Å². The lowest BCUT2D eigenvalue weighted by Gasteiger charge is -2.28. The van der Waals surface area contributed by atoms with Crippen molar-refractivity contribution in [3.05, 3.63) is 12.2 Å². The van der Waals surface area contributed by atoms with Gasteiger partial charge in [0.05, 0.1) is 6.10 Å². The molecule has 3 unspecified atom stereocenters. The van der Waals surface area contributed by atoms with Crippen LogP contribution in [-0.4, -0.2) is 45.5 Å². The predicted molar refractivity (Wildman–Crippen MR) is 79.7 cm³/mol. The summed E-state index contributed by atoms with van der Waals surface area (Å²) in [6, 6.07) is 0. The summed E-state index contributed by atoms with van der Waals surface area (Å²) in [5.41, 5.74) is 3.53. The maximum absolute atomic E-state index is 11.9. The van der Waals surface area contributed by atoms with Crippen molar-refractivity contribution in [2.45, 2.75) is 76.0 Å². The van der Waals surface area contributed by atoms with E-state index >= 15 is 0 Å². The van der Waals surface area contributed by atoms with E-state index in [0.717, 1.165) is 32.6 Å². The second kappa shape index (κ2) is 10.6. The van der Waals surface area contributed by atoms with Gasteiger partial charge in [0.15, 0.2) is 0 Å². The minimum Gasteiger partial charge on any atom is -0.480 e. The highest BCUT2D eigenvalue weighted by atomic mass is 19.3. The first-order valence-corrected chi connectivity index (χ1v) is 7.51. The highest BCUT2D eigenvalue weighted by Crippen LogP contribution is 2.14. The summed E-state index contributed by atoms with van der Waals surface area (Å²) in [6.45, 7) is 1.15. The molecule has 0 aromatic rings. The second-order valence-electron chi connectivity index (χ2n) is 5.69. The molecule has 0 fully saturated rings. The Morgan fingerprint density at radius 1 is 1.18 bits per heavy atom. The molecule has 7 heteroatoms. The number of carboxylic acids is 1. The highest BCUT2D eigenvalue weighted by molar-refractivity contribution is 5.78. The third kappa shape index (κ3) is 8.41. The van der Waals surface area contributed by atoms with E-state index in [0.29, 0.717) is 6.42 Å². The first kappa shape index (κ1) is 20.9. The lowest BCUT2D eigenvalue weighted by atomic mass is 9.90. The van der Waals surface area contributed by atoms with Gasteiger partial charge < -0.3 is 21.1 Å². The summed E-state index contributed by atoms with van der Waals surface area (Å²) in [5.74, 6) is -1.38. The lowest BCUT2D eigenvalue weighted by Crippen LogP contribution is -2.58. The molecular weight excluding hydrogens is 296 g/mol. The van der Waals surface area contributed by atoms with Crippen molar-refractivity contribution < 1.29 is 28.9 Å². The fraction of sp³-hybridized carbons (Fsp3) is 0.800. The standard InChI is InChI=1S/C15H27F2NO4/c1-15(18,14(21)22)13(20)11(19)9-7-5-3-2-4-6-8-10-12(16)17/h5,7,11-13,19-20H,2-4,6,8-10,18H2,1H3,(H,21,22). The Labute approximate surface area is 129 Å². The van der Waals surface area contributed by atoms with Crippen molar-refractivity contribution >= 4 is 5.97 Å². The number of hydrogen-bond donors (Lipinski definition) is 4. The number of carbonyl (C=O) groups is 1. The van der Waals surface area contributed by atoms with Gasteiger partial charge >= 0.3 is 5.97 Å². The van der Waals surface area contributed by atoms with Gasteiger partial charge in [-0.1, -0.05) is 25.0 Å². The monoisotopic (exact) mass is 323 g/mol. The smallest absolute Gasteiger partial charge is 0.326 e. The van der Waals surface area contributed by atoms with Crippen LogP contribution in [0.3, 0.4) is 0 Å². The van der Waals surface area contributed by atoms with E-state index in [1.807, 2.05) is 6.08 Å². The van der Waals surface area contributed by atoms with Gasteiger partial charge in [-0.15, -0.1) is 0 Å². The zero-order valence-corrected chi connectivity index (χ0v) is 12.9. The van der Waals surface area contributed by atoms with Crippen molar-refractivity contribution in [2.75, 3.05) is 0 Å². The summed E-state index contributed by atoms with van der Waals surface area (Å²) in [7, 11) is 0. The second-order valence-corrected chi connectivity index (χ2v) is 5.69. The molecule has 0 aliphatic carbocycles. The van der Waals surface area contributed by atoms with Crippen LogP contribution in [-0.2, 0) is 4.79 Å². The third-order valence-electron chi connectivity index (χ3n) is 3.53. The van der Waals surface area contributed by atoms with Crippen LogP contribution in [0.2, 0.25) is 0 Å². The summed E-state index contributed by atoms with van der Waals surface area (Å²) in [6.07, 6.45) is 2.24. The van der Waals surface area contributed by atoms with Crippen LogP contribution in [0.4, 0.5) is 8.78 Å². The van der Waals surface area contributed by atoms with Crippen molar-refractivity contribution in [2.24, 2.45) is 5.73 Å². The zero-order valence-electron chi connectivity index (χ0n) is 12.9. The van der Waals surface area contributed by atoms with Crippen molar-refractivity contribution in [1.29, 1.82) is 0 Å². The van der Waals surface area contributed by atoms with Gasteiger partial charge in [0, 0.05) is 6.42 Å². The van der Waals surface area contributed by atoms with Crippen LogP contribution in [0.15, 0.2) is 12.2 Å². The Bertz CT molecular complexity index is 348. The van der Waals surface area contributed by atoms with E-state index in [-0.39, 0.29) is 12.8 Å². The van der Waals surface area contributed by atoms with E-state index in [1.54, 1.807) is 6.08 Å². The minimum atomic E-state index is -2.23. The van der Waals surface area contributed by atoms with Crippen LogP contribution < -0.4 is 5.73 Å². The molecule has 3 atom stereocenters. The number of unbranched alkanes of at least 4 members (excludes halogenated alkanes) is 4. The number of alkyl halides is 2. The molecule has 5 nitrogen and oxygen atoms in total. The molecule has 0 radical (unpaired) electrons. The number of halogens is 2. The first-order chi connectivity index (χ1) is 10.2. The van der Waals surface area contributed by atoms with Gasteiger partial charge in [-0.25, -0.2) is 8.78 Å². The van der Waals surface area contributed by atoms with Gasteiger partial charge in [0.2, 0.25) is 6.43 Å². The number of nitrogens with two attached hydrogens (primary N) is 1. The fourth-order valence-electron chi connectivity index (χ4n) is 1.92. The molecule has 0 amide bonds. The number of hydrogen-bond acceptors (Lipinski definition) is 4. The molecule has 0 bridgehead atoms. The normalized spacial score (nSPS) is 17.6. The molecule has 5 N–H and O–H groups in total. The fourth-order valence-corrected chi connectivity index (χ4v) is 1.92. The zero-order chi connectivity index (χ0) is 17.2. The molecule has 0 aliphatic rings. The number of aliphatic hydroxyl groups is 2. The lowest BCUT2D eigenvalue weighted by molar-refractivity contribution is -0.150. The topological polar surface area (TPSA) is 104 Å². The SMILES string of the molecule is CC(N)(C(=O)O)C(O)C(O)CC=CCCCCCCC(F)F. The molecule has 0 saturated carbocycles. The molecule has 0 aliphatic heterocycles. The van der Waals surface area contributed by atoms with Gasteiger partial charge in [-0.3, -0.25) is 4.79 Å². The van der Waals surface area contributed by atoms with E-state index in [1.165, 1.54) is 0 Å². The van der Waals surface area contributed by atoms with Gasteiger partial charge in [0.25, 0.3) is 0 Å². The molecular formula is C15H27F2NO4. The summed E-state index contributed by atoms with van der Waals surface area (Å²) >= 11 is 0. The van der Waals surface area contributed by atoms with Gasteiger partial charge in [0.1, 0.15) is 11.6 Å².